The summed E-state index contributed by atoms with van der Waals surface area (Å²) in [5, 5.41) is 9.57. The Hall–Kier alpha value is -1.31. The van der Waals surface area contributed by atoms with Crippen molar-refractivity contribution in [3.8, 4) is 17.5 Å². The molecule has 80 valence electrons. The minimum absolute atomic E-state index is 0.481. The summed E-state index contributed by atoms with van der Waals surface area (Å²) < 4.78 is 2.25. The number of benzene rings is 1. The summed E-state index contributed by atoms with van der Waals surface area (Å²) in [6.07, 6.45) is 0. The molecule has 0 fully saturated rings. The van der Waals surface area contributed by atoms with Gasteiger partial charge < -0.3 is 4.57 Å². The number of aromatic nitrogens is 2. The summed E-state index contributed by atoms with van der Waals surface area (Å²) >= 11 is 9.34. The predicted octanol–water partition coefficient (Wildman–Crippen LogP) is 3.37. The van der Waals surface area contributed by atoms with Gasteiger partial charge in [0.1, 0.15) is 16.5 Å². The van der Waals surface area contributed by atoms with Crippen molar-refractivity contribution in [2.75, 3.05) is 0 Å². The maximum Gasteiger partial charge on any atom is 0.154 e. The highest BCUT2D eigenvalue weighted by Gasteiger charge is 2.15. The van der Waals surface area contributed by atoms with Gasteiger partial charge in [0.25, 0.3) is 0 Å². The standard InChI is InChI=1S/C11H7BrClN3/c1-16-9(6-14)10(12)15-11(16)7-4-2-3-5-8(7)13/h2-5H,1H3. The van der Waals surface area contributed by atoms with E-state index in [1.807, 2.05) is 18.2 Å². The first-order valence-electron chi connectivity index (χ1n) is 4.52. The highest BCUT2D eigenvalue weighted by atomic mass is 79.9. The van der Waals surface area contributed by atoms with Gasteiger partial charge in [-0.3, -0.25) is 0 Å². The number of imidazole rings is 1. The molecule has 5 heteroatoms. The number of halogens is 2. The molecule has 0 N–H and O–H groups in total. The molecule has 0 aliphatic heterocycles. The molecule has 0 saturated carbocycles. The van der Waals surface area contributed by atoms with Crippen LogP contribution < -0.4 is 0 Å². The molecule has 0 atom stereocenters. The van der Waals surface area contributed by atoms with E-state index < -0.39 is 0 Å². The molecule has 1 aromatic heterocycles. The summed E-state index contributed by atoms with van der Waals surface area (Å²) in [5.74, 6) is 0.675. The largest absolute Gasteiger partial charge is 0.318 e. The molecule has 0 saturated heterocycles. The molecule has 3 nitrogen and oxygen atoms in total. The van der Waals surface area contributed by atoms with Crippen molar-refractivity contribution in [2.45, 2.75) is 0 Å². The molecular formula is C11H7BrClN3. The molecule has 0 radical (unpaired) electrons. The monoisotopic (exact) mass is 295 g/mol. The van der Waals surface area contributed by atoms with Gasteiger partial charge in [0.2, 0.25) is 0 Å². The first-order chi connectivity index (χ1) is 7.65. The molecule has 0 aliphatic carbocycles. The van der Waals surface area contributed by atoms with Crippen molar-refractivity contribution in [1.82, 2.24) is 9.55 Å². The van der Waals surface area contributed by atoms with Gasteiger partial charge in [0, 0.05) is 12.6 Å². The topological polar surface area (TPSA) is 41.6 Å². The molecule has 1 aromatic carbocycles. The van der Waals surface area contributed by atoms with Crippen LogP contribution in [0.1, 0.15) is 5.69 Å². The van der Waals surface area contributed by atoms with Gasteiger partial charge in [-0.05, 0) is 28.1 Å². The quantitative estimate of drug-likeness (QED) is 0.809. The molecular weight excluding hydrogens is 289 g/mol. The van der Waals surface area contributed by atoms with Crippen molar-refractivity contribution < 1.29 is 0 Å². The molecule has 0 aliphatic rings. The maximum atomic E-state index is 8.95. The number of hydrogen-bond donors (Lipinski definition) is 0. The average molecular weight is 297 g/mol. The van der Waals surface area contributed by atoms with E-state index in [-0.39, 0.29) is 0 Å². The Balaban J connectivity index is 2.68. The van der Waals surface area contributed by atoms with Gasteiger partial charge in [0.15, 0.2) is 5.69 Å². The van der Waals surface area contributed by atoms with Crippen LogP contribution in [0.4, 0.5) is 0 Å². The molecule has 2 rings (SSSR count). The van der Waals surface area contributed by atoms with Gasteiger partial charge >= 0.3 is 0 Å². The first-order valence-corrected chi connectivity index (χ1v) is 5.69. The van der Waals surface area contributed by atoms with E-state index >= 15 is 0 Å². The van der Waals surface area contributed by atoms with Crippen LogP contribution >= 0.6 is 27.5 Å². The van der Waals surface area contributed by atoms with Gasteiger partial charge in [-0.1, -0.05) is 23.7 Å². The van der Waals surface area contributed by atoms with Crippen molar-refractivity contribution >= 4 is 27.5 Å². The predicted molar refractivity (Wildman–Crippen MR) is 66.1 cm³/mol. The second-order valence-corrected chi connectivity index (χ2v) is 4.38. The van der Waals surface area contributed by atoms with E-state index in [9.17, 15) is 0 Å². The van der Waals surface area contributed by atoms with Crippen LogP contribution in [0.2, 0.25) is 5.02 Å². The summed E-state index contributed by atoms with van der Waals surface area (Å²) in [7, 11) is 1.79. The molecule has 0 spiro atoms. The van der Waals surface area contributed by atoms with E-state index in [1.54, 1.807) is 17.7 Å². The SMILES string of the molecule is Cn1c(-c2ccccc2Cl)nc(Br)c1C#N. The van der Waals surface area contributed by atoms with Crippen molar-refractivity contribution in [2.24, 2.45) is 7.05 Å². The average Bonchev–Trinajstić information content (AvgIpc) is 2.55. The lowest BCUT2D eigenvalue weighted by molar-refractivity contribution is 0.907. The summed E-state index contributed by atoms with van der Waals surface area (Å²) in [5.41, 5.74) is 1.30. The highest BCUT2D eigenvalue weighted by molar-refractivity contribution is 9.10. The number of hydrogen-bond acceptors (Lipinski definition) is 2. The van der Waals surface area contributed by atoms with Gasteiger partial charge in [0.05, 0.1) is 5.02 Å². The Labute approximate surface area is 106 Å². The van der Waals surface area contributed by atoms with Crippen LogP contribution in [0.25, 0.3) is 11.4 Å². The normalized spacial score (nSPS) is 10.1. The Morgan fingerprint density at radius 1 is 1.44 bits per heavy atom. The molecule has 0 amide bonds. The third kappa shape index (κ3) is 1.73. The lowest BCUT2D eigenvalue weighted by Gasteiger charge is -2.03. The van der Waals surface area contributed by atoms with Crippen molar-refractivity contribution in [3.63, 3.8) is 0 Å². The minimum Gasteiger partial charge on any atom is -0.318 e. The van der Waals surface area contributed by atoms with Gasteiger partial charge in [-0.15, -0.1) is 0 Å². The van der Waals surface area contributed by atoms with E-state index in [0.29, 0.717) is 21.1 Å². The summed E-state index contributed by atoms with van der Waals surface area (Å²) in [6, 6.07) is 9.50. The molecule has 0 unspecified atom stereocenters. The van der Waals surface area contributed by atoms with E-state index in [4.69, 9.17) is 16.9 Å². The third-order valence-corrected chi connectivity index (χ3v) is 3.16. The zero-order chi connectivity index (χ0) is 11.7. The number of nitriles is 1. The van der Waals surface area contributed by atoms with Crippen LogP contribution in [0, 0.1) is 11.3 Å². The molecule has 1 heterocycles. The lowest BCUT2D eigenvalue weighted by Crippen LogP contribution is -1.95. The van der Waals surface area contributed by atoms with Crippen molar-refractivity contribution in [3.05, 3.63) is 39.6 Å². The van der Waals surface area contributed by atoms with Gasteiger partial charge in [-0.25, -0.2) is 4.98 Å². The van der Waals surface area contributed by atoms with E-state index in [1.165, 1.54) is 0 Å². The summed E-state index contributed by atoms with van der Waals surface area (Å²) in [4.78, 5) is 4.28. The molecule has 16 heavy (non-hydrogen) atoms. The van der Waals surface area contributed by atoms with E-state index in [0.717, 1.165) is 5.56 Å². The van der Waals surface area contributed by atoms with Gasteiger partial charge in [-0.2, -0.15) is 5.26 Å². The Bertz CT molecular complexity index is 583. The maximum absolute atomic E-state index is 8.95. The van der Waals surface area contributed by atoms with Crippen LogP contribution in [-0.2, 0) is 7.05 Å². The first kappa shape index (κ1) is 11.2. The number of rotatable bonds is 1. The fourth-order valence-corrected chi connectivity index (χ4v) is 2.21. The van der Waals surface area contributed by atoms with Crippen LogP contribution in [0.3, 0.4) is 0 Å². The second kappa shape index (κ2) is 4.28. The molecule has 0 bridgehead atoms. The van der Waals surface area contributed by atoms with Crippen molar-refractivity contribution in [1.29, 1.82) is 5.26 Å². The zero-order valence-corrected chi connectivity index (χ0v) is 10.7. The fraction of sp³-hybridized carbons (Fsp3) is 0.0909. The van der Waals surface area contributed by atoms with Crippen LogP contribution in [0.5, 0.6) is 0 Å². The highest BCUT2D eigenvalue weighted by Crippen LogP contribution is 2.29. The zero-order valence-electron chi connectivity index (χ0n) is 8.41. The number of nitrogens with zero attached hydrogens (tertiary/aromatic N) is 3. The Kier molecular flexibility index (Phi) is 2.99. The van der Waals surface area contributed by atoms with Crippen LogP contribution in [-0.4, -0.2) is 9.55 Å². The lowest BCUT2D eigenvalue weighted by atomic mass is 10.2. The fourth-order valence-electron chi connectivity index (χ4n) is 1.47. The minimum atomic E-state index is 0.481. The van der Waals surface area contributed by atoms with Crippen LogP contribution in [0.15, 0.2) is 28.9 Å². The molecule has 2 aromatic rings. The van der Waals surface area contributed by atoms with E-state index in [2.05, 4.69) is 27.0 Å². The summed E-state index contributed by atoms with van der Waals surface area (Å²) in [6.45, 7) is 0. The smallest absolute Gasteiger partial charge is 0.154 e. The Morgan fingerprint density at radius 3 is 2.69 bits per heavy atom. The Morgan fingerprint density at radius 2 is 2.12 bits per heavy atom. The second-order valence-electron chi connectivity index (χ2n) is 3.23. The third-order valence-electron chi connectivity index (χ3n) is 2.27.